The van der Waals surface area contributed by atoms with Crippen molar-refractivity contribution < 1.29 is 13.7 Å². The summed E-state index contributed by atoms with van der Waals surface area (Å²) in [6.07, 6.45) is 3.19. The van der Waals surface area contributed by atoms with Crippen molar-refractivity contribution in [2.24, 2.45) is 5.92 Å². The molecule has 1 aliphatic rings. The number of rotatable bonds is 6. The van der Waals surface area contributed by atoms with Crippen LogP contribution in [0.3, 0.4) is 0 Å². The van der Waals surface area contributed by atoms with Gasteiger partial charge in [-0.3, -0.25) is 4.79 Å². The topological polar surface area (TPSA) is 84.2 Å². The maximum Gasteiger partial charge on any atom is 0.261 e. The number of anilines is 1. The number of benzene rings is 2. The van der Waals surface area contributed by atoms with E-state index >= 15 is 0 Å². The van der Waals surface area contributed by atoms with Gasteiger partial charge in [0, 0.05) is 37.3 Å². The van der Waals surface area contributed by atoms with E-state index in [4.69, 9.17) is 4.52 Å². The van der Waals surface area contributed by atoms with Gasteiger partial charge < -0.3 is 14.7 Å². The van der Waals surface area contributed by atoms with Crippen molar-refractivity contribution in [3.63, 3.8) is 0 Å². The first-order valence-corrected chi connectivity index (χ1v) is 11.3. The van der Waals surface area contributed by atoms with Crippen molar-refractivity contribution in [2.75, 3.05) is 18.0 Å². The second-order valence-electron chi connectivity index (χ2n) is 8.27. The number of pyridine rings is 1. The van der Waals surface area contributed by atoms with Gasteiger partial charge in [-0.2, -0.15) is 4.98 Å². The van der Waals surface area contributed by atoms with E-state index in [1.54, 1.807) is 18.3 Å². The molecule has 172 valence electrons. The molecule has 0 atom stereocenters. The van der Waals surface area contributed by atoms with Gasteiger partial charge in [-0.05, 0) is 42.7 Å². The minimum Gasteiger partial charge on any atom is -0.356 e. The van der Waals surface area contributed by atoms with Crippen molar-refractivity contribution >= 4 is 11.7 Å². The Labute approximate surface area is 196 Å². The molecule has 4 aromatic rings. The zero-order chi connectivity index (χ0) is 23.3. The zero-order valence-corrected chi connectivity index (χ0v) is 18.5. The summed E-state index contributed by atoms with van der Waals surface area (Å²) in [5, 5.41) is 7.07. The van der Waals surface area contributed by atoms with E-state index < -0.39 is 0 Å². The standard InChI is InChI=1S/C26H24FN5O2/c27-21-9-4-8-20(16-21)23-30-26(34-31-23)22-10-5-13-28-24(22)32-14-11-19(12-15-32)25(33)29-17-18-6-2-1-3-7-18/h1-10,13,16,19H,11-12,14-15,17H2,(H,29,33). The third-order valence-electron chi connectivity index (χ3n) is 6.00. The number of halogens is 1. The normalized spacial score (nSPS) is 14.2. The average Bonchev–Trinajstić information content (AvgIpc) is 3.38. The van der Waals surface area contributed by atoms with Gasteiger partial charge in [0.05, 0.1) is 5.56 Å². The lowest BCUT2D eigenvalue weighted by Gasteiger charge is -2.32. The van der Waals surface area contributed by atoms with E-state index in [-0.39, 0.29) is 17.6 Å². The van der Waals surface area contributed by atoms with Crippen LogP contribution in [0.25, 0.3) is 22.8 Å². The maximum atomic E-state index is 13.6. The molecule has 2 aromatic heterocycles. The highest BCUT2D eigenvalue weighted by molar-refractivity contribution is 5.79. The lowest BCUT2D eigenvalue weighted by Crippen LogP contribution is -2.40. The van der Waals surface area contributed by atoms with Gasteiger partial charge in [-0.1, -0.05) is 47.6 Å². The fourth-order valence-corrected chi connectivity index (χ4v) is 4.18. The second-order valence-corrected chi connectivity index (χ2v) is 8.27. The smallest absolute Gasteiger partial charge is 0.261 e. The third kappa shape index (κ3) is 4.80. The van der Waals surface area contributed by atoms with Crippen molar-refractivity contribution in [1.82, 2.24) is 20.4 Å². The number of carbonyl (C=O) groups excluding carboxylic acids is 1. The van der Waals surface area contributed by atoms with Gasteiger partial charge in [0.2, 0.25) is 11.7 Å². The van der Waals surface area contributed by atoms with E-state index in [1.165, 1.54) is 12.1 Å². The van der Waals surface area contributed by atoms with E-state index in [2.05, 4.69) is 25.3 Å². The number of amides is 1. The average molecular weight is 458 g/mol. The first kappa shape index (κ1) is 21.8. The lowest BCUT2D eigenvalue weighted by atomic mass is 9.95. The van der Waals surface area contributed by atoms with E-state index in [0.29, 0.717) is 42.5 Å². The number of piperidine rings is 1. The molecule has 0 spiro atoms. The predicted octanol–water partition coefficient (Wildman–Crippen LogP) is 4.47. The maximum absolute atomic E-state index is 13.6. The highest BCUT2D eigenvalue weighted by Gasteiger charge is 2.27. The highest BCUT2D eigenvalue weighted by atomic mass is 19.1. The number of hydrogen-bond acceptors (Lipinski definition) is 6. The van der Waals surface area contributed by atoms with Crippen LogP contribution in [0, 0.1) is 11.7 Å². The molecule has 1 saturated heterocycles. The molecule has 8 heteroatoms. The minimum absolute atomic E-state index is 0.0323. The minimum atomic E-state index is -0.360. The Kier molecular flexibility index (Phi) is 6.29. The van der Waals surface area contributed by atoms with Crippen LogP contribution in [0.1, 0.15) is 18.4 Å². The van der Waals surface area contributed by atoms with Crippen LogP contribution in [-0.2, 0) is 11.3 Å². The van der Waals surface area contributed by atoms with Gasteiger partial charge in [0.15, 0.2) is 0 Å². The fraction of sp³-hybridized carbons (Fsp3) is 0.231. The molecule has 2 aromatic carbocycles. The van der Waals surface area contributed by atoms with E-state index in [9.17, 15) is 9.18 Å². The van der Waals surface area contributed by atoms with Crippen molar-refractivity contribution in [1.29, 1.82) is 0 Å². The molecular weight excluding hydrogens is 433 g/mol. The molecule has 0 bridgehead atoms. The summed E-state index contributed by atoms with van der Waals surface area (Å²) in [6.45, 7) is 1.92. The molecule has 0 radical (unpaired) electrons. The number of nitrogens with one attached hydrogen (secondary N) is 1. The number of aromatic nitrogens is 3. The van der Waals surface area contributed by atoms with Crippen LogP contribution in [-0.4, -0.2) is 34.1 Å². The number of nitrogens with zero attached hydrogens (tertiary/aromatic N) is 4. The van der Waals surface area contributed by atoms with Gasteiger partial charge in [-0.25, -0.2) is 9.37 Å². The van der Waals surface area contributed by atoms with Crippen LogP contribution in [0.5, 0.6) is 0 Å². The van der Waals surface area contributed by atoms with E-state index in [1.807, 2.05) is 42.5 Å². The third-order valence-corrected chi connectivity index (χ3v) is 6.00. The van der Waals surface area contributed by atoms with Gasteiger partial charge in [0.1, 0.15) is 11.6 Å². The molecule has 1 amide bonds. The molecule has 34 heavy (non-hydrogen) atoms. The first-order chi connectivity index (χ1) is 16.7. The Morgan fingerprint density at radius 2 is 1.88 bits per heavy atom. The SMILES string of the molecule is O=C(NCc1ccccc1)C1CCN(c2ncccc2-c2nc(-c3cccc(F)c3)no2)CC1. The summed E-state index contributed by atoms with van der Waals surface area (Å²) in [5.74, 6) is 1.07. The van der Waals surface area contributed by atoms with Crippen molar-refractivity contribution in [2.45, 2.75) is 19.4 Å². The van der Waals surface area contributed by atoms with E-state index in [0.717, 1.165) is 24.2 Å². The Hall–Kier alpha value is -4.07. The molecule has 3 heterocycles. The van der Waals surface area contributed by atoms with Crippen LogP contribution in [0.2, 0.25) is 0 Å². The van der Waals surface area contributed by atoms with Gasteiger partial charge >= 0.3 is 0 Å². The highest BCUT2D eigenvalue weighted by Crippen LogP contribution is 2.32. The molecule has 7 nitrogen and oxygen atoms in total. The van der Waals surface area contributed by atoms with Crippen molar-refractivity contribution in [3.05, 3.63) is 84.3 Å². The number of carbonyl (C=O) groups is 1. The van der Waals surface area contributed by atoms with Crippen LogP contribution in [0.4, 0.5) is 10.2 Å². The lowest BCUT2D eigenvalue weighted by molar-refractivity contribution is -0.125. The fourth-order valence-electron chi connectivity index (χ4n) is 4.18. The Morgan fingerprint density at radius 1 is 1.06 bits per heavy atom. The van der Waals surface area contributed by atoms with Crippen LogP contribution < -0.4 is 10.2 Å². The summed E-state index contributed by atoms with van der Waals surface area (Å²) in [6, 6.07) is 19.7. The molecule has 1 aliphatic heterocycles. The summed E-state index contributed by atoms with van der Waals surface area (Å²) < 4.78 is 19.1. The quantitative estimate of drug-likeness (QED) is 0.460. The summed E-state index contributed by atoms with van der Waals surface area (Å²) in [7, 11) is 0. The van der Waals surface area contributed by atoms with Crippen molar-refractivity contribution in [3.8, 4) is 22.8 Å². The largest absolute Gasteiger partial charge is 0.356 e. The predicted molar refractivity (Wildman–Crippen MR) is 126 cm³/mol. The van der Waals surface area contributed by atoms with Crippen LogP contribution >= 0.6 is 0 Å². The molecule has 0 unspecified atom stereocenters. The molecule has 1 N–H and O–H groups in total. The Morgan fingerprint density at radius 3 is 2.68 bits per heavy atom. The monoisotopic (exact) mass is 457 g/mol. The second kappa shape index (κ2) is 9.82. The molecule has 1 fully saturated rings. The summed E-state index contributed by atoms with van der Waals surface area (Å²) in [4.78, 5) is 23.8. The van der Waals surface area contributed by atoms with Gasteiger partial charge in [-0.15, -0.1) is 0 Å². The number of hydrogen-bond donors (Lipinski definition) is 1. The molecule has 0 aliphatic carbocycles. The Bertz CT molecular complexity index is 1270. The molecule has 0 saturated carbocycles. The van der Waals surface area contributed by atoms with Crippen LogP contribution in [0.15, 0.2) is 77.4 Å². The van der Waals surface area contributed by atoms with Gasteiger partial charge in [0.25, 0.3) is 5.89 Å². The Balaban J connectivity index is 1.25. The summed E-state index contributed by atoms with van der Waals surface area (Å²) in [5.41, 5.74) is 2.34. The first-order valence-electron chi connectivity index (χ1n) is 11.3. The zero-order valence-electron chi connectivity index (χ0n) is 18.5. The molecule has 5 rings (SSSR count). The summed E-state index contributed by atoms with van der Waals surface area (Å²) >= 11 is 0. The molecular formula is C26H24FN5O2.